The van der Waals surface area contributed by atoms with Gasteiger partial charge in [-0.25, -0.2) is 4.39 Å². The maximum atomic E-state index is 13.1. The van der Waals surface area contributed by atoms with Crippen LogP contribution in [0.15, 0.2) is 30.3 Å². The third-order valence-corrected chi connectivity index (χ3v) is 3.30. The van der Waals surface area contributed by atoms with E-state index in [9.17, 15) is 4.39 Å². The quantitative estimate of drug-likeness (QED) is 0.915. The maximum Gasteiger partial charge on any atom is 0.123 e. The summed E-state index contributed by atoms with van der Waals surface area (Å²) < 4.78 is 13.1. The molecule has 0 radical (unpaired) electrons. The summed E-state index contributed by atoms with van der Waals surface area (Å²) in [6.07, 6.45) is 0. The van der Waals surface area contributed by atoms with Crippen LogP contribution in [-0.2, 0) is 6.54 Å². The highest BCUT2D eigenvalue weighted by Gasteiger charge is 2.10. The second-order valence-corrected chi connectivity index (χ2v) is 4.67. The van der Waals surface area contributed by atoms with Crippen LogP contribution in [0.3, 0.4) is 0 Å². The molecule has 0 atom stereocenters. The highest BCUT2D eigenvalue weighted by atomic mass is 35.5. The van der Waals surface area contributed by atoms with E-state index in [-0.39, 0.29) is 18.2 Å². The van der Waals surface area contributed by atoms with Crippen LogP contribution < -0.4 is 5.32 Å². The van der Waals surface area contributed by atoms with E-state index in [0.29, 0.717) is 0 Å². The molecule has 1 aromatic carbocycles. The van der Waals surface area contributed by atoms with Crippen LogP contribution in [0.1, 0.15) is 5.69 Å². The van der Waals surface area contributed by atoms with E-state index >= 15 is 0 Å². The molecule has 102 valence electrons. The number of benzene rings is 1. The van der Waals surface area contributed by atoms with Gasteiger partial charge < -0.3 is 5.32 Å². The van der Waals surface area contributed by atoms with Gasteiger partial charge >= 0.3 is 0 Å². The summed E-state index contributed by atoms with van der Waals surface area (Å²) in [5.74, 6) is -0.209. The number of halogens is 2. The average Bonchev–Trinajstić information content (AvgIpc) is 2.40. The van der Waals surface area contributed by atoms with Crippen molar-refractivity contribution in [3.8, 4) is 0 Å². The minimum absolute atomic E-state index is 0. The van der Waals surface area contributed by atoms with Crippen molar-refractivity contribution in [3.63, 3.8) is 0 Å². The molecule has 3 nitrogen and oxygen atoms in total. The predicted octanol–water partition coefficient (Wildman–Crippen LogP) is 2.20. The van der Waals surface area contributed by atoms with Crippen LogP contribution >= 0.6 is 12.4 Å². The molecule has 19 heavy (non-hydrogen) atoms. The normalized spacial score (nSPS) is 16.3. The zero-order chi connectivity index (χ0) is 12.4. The maximum absolute atomic E-state index is 13.1. The van der Waals surface area contributed by atoms with Gasteiger partial charge in [-0.15, -0.1) is 12.4 Å². The molecule has 1 N–H and O–H groups in total. The van der Waals surface area contributed by atoms with Crippen molar-refractivity contribution in [3.05, 3.63) is 41.8 Å². The van der Waals surface area contributed by atoms with Gasteiger partial charge in [0, 0.05) is 38.1 Å². The van der Waals surface area contributed by atoms with E-state index < -0.39 is 0 Å². The Hall–Kier alpha value is -1.23. The van der Waals surface area contributed by atoms with Crippen molar-refractivity contribution >= 4 is 23.3 Å². The molecular formula is C14H17ClFN3. The molecule has 1 fully saturated rings. The van der Waals surface area contributed by atoms with Gasteiger partial charge in [-0.3, -0.25) is 9.88 Å². The summed E-state index contributed by atoms with van der Waals surface area (Å²) >= 11 is 0. The molecule has 1 aromatic heterocycles. The number of aromatic nitrogens is 1. The molecule has 1 aliphatic heterocycles. The highest BCUT2D eigenvalue weighted by Crippen LogP contribution is 2.15. The summed E-state index contributed by atoms with van der Waals surface area (Å²) in [5, 5.41) is 4.19. The number of hydrogen-bond acceptors (Lipinski definition) is 3. The van der Waals surface area contributed by atoms with Crippen molar-refractivity contribution in [2.45, 2.75) is 6.54 Å². The Balaban J connectivity index is 0.00000133. The molecule has 5 heteroatoms. The zero-order valence-electron chi connectivity index (χ0n) is 10.6. The van der Waals surface area contributed by atoms with E-state index in [4.69, 9.17) is 0 Å². The van der Waals surface area contributed by atoms with Crippen LogP contribution in [0.2, 0.25) is 0 Å². The highest BCUT2D eigenvalue weighted by molar-refractivity contribution is 5.85. The molecule has 1 saturated heterocycles. The number of hydrogen-bond donors (Lipinski definition) is 1. The van der Waals surface area contributed by atoms with Gasteiger partial charge in [0.15, 0.2) is 0 Å². The molecule has 2 heterocycles. The van der Waals surface area contributed by atoms with Gasteiger partial charge in [0.2, 0.25) is 0 Å². The summed E-state index contributed by atoms with van der Waals surface area (Å²) in [6, 6.07) is 8.67. The average molecular weight is 282 g/mol. The van der Waals surface area contributed by atoms with Gasteiger partial charge in [-0.05, 0) is 24.3 Å². The van der Waals surface area contributed by atoms with Crippen molar-refractivity contribution in [1.82, 2.24) is 15.2 Å². The van der Waals surface area contributed by atoms with Crippen LogP contribution in [0.4, 0.5) is 4.39 Å². The Labute approximate surface area is 118 Å². The first-order valence-corrected chi connectivity index (χ1v) is 6.29. The van der Waals surface area contributed by atoms with Gasteiger partial charge in [-0.2, -0.15) is 0 Å². The van der Waals surface area contributed by atoms with Crippen molar-refractivity contribution in [1.29, 1.82) is 0 Å². The lowest BCUT2D eigenvalue weighted by atomic mass is 10.2. The molecule has 0 spiro atoms. The molecule has 0 bridgehead atoms. The zero-order valence-corrected chi connectivity index (χ0v) is 11.4. The van der Waals surface area contributed by atoms with Gasteiger partial charge in [-0.1, -0.05) is 6.07 Å². The third-order valence-electron chi connectivity index (χ3n) is 3.30. The molecule has 0 saturated carbocycles. The van der Waals surface area contributed by atoms with Gasteiger partial charge in [0.05, 0.1) is 11.2 Å². The number of pyridine rings is 1. The van der Waals surface area contributed by atoms with Crippen LogP contribution in [0.5, 0.6) is 0 Å². The van der Waals surface area contributed by atoms with Crippen LogP contribution in [0, 0.1) is 5.82 Å². The molecule has 0 aliphatic carbocycles. The predicted molar refractivity (Wildman–Crippen MR) is 77.1 cm³/mol. The van der Waals surface area contributed by atoms with E-state index in [1.165, 1.54) is 12.1 Å². The van der Waals surface area contributed by atoms with Gasteiger partial charge in [0.1, 0.15) is 5.82 Å². The Morgan fingerprint density at radius 2 is 1.95 bits per heavy atom. The fourth-order valence-corrected chi connectivity index (χ4v) is 2.33. The number of nitrogens with zero attached hydrogens (tertiary/aromatic N) is 2. The fraction of sp³-hybridized carbons (Fsp3) is 0.357. The topological polar surface area (TPSA) is 28.2 Å². The molecule has 0 unspecified atom stereocenters. The first-order valence-electron chi connectivity index (χ1n) is 6.29. The largest absolute Gasteiger partial charge is 0.314 e. The van der Waals surface area contributed by atoms with Crippen molar-refractivity contribution in [2.24, 2.45) is 0 Å². The monoisotopic (exact) mass is 281 g/mol. The molecule has 3 rings (SSSR count). The standard InChI is InChI=1S/C14H16FN3.ClH/c15-12-2-4-14-11(9-12)1-3-13(17-14)10-18-7-5-16-6-8-18;/h1-4,9,16H,5-8,10H2;1H. The smallest absolute Gasteiger partial charge is 0.123 e. The Kier molecular flexibility index (Phi) is 4.69. The Morgan fingerprint density at radius 3 is 2.74 bits per heavy atom. The van der Waals surface area contributed by atoms with Crippen molar-refractivity contribution in [2.75, 3.05) is 26.2 Å². The lowest BCUT2D eigenvalue weighted by Crippen LogP contribution is -2.43. The second-order valence-electron chi connectivity index (χ2n) is 4.67. The van der Waals surface area contributed by atoms with E-state index in [0.717, 1.165) is 49.3 Å². The lowest BCUT2D eigenvalue weighted by Gasteiger charge is -2.26. The summed E-state index contributed by atoms with van der Waals surface area (Å²) in [7, 11) is 0. The molecular weight excluding hydrogens is 265 g/mol. The number of nitrogens with one attached hydrogen (secondary N) is 1. The minimum atomic E-state index is -0.209. The molecule has 0 amide bonds. The van der Waals surface area contributed by atoms with E-state index in [1.54, 1.807) is 6.07 Å². The number of piperazine rings is 1. The third kappa shape index (κ3) is 3.41. The summed E-state index contributed by atoms with van der Waals surface area (Å²) in [5.41, 5.74) is 1.92. The van der Waals surface area contributed by atoms with Crippen LogP contribution in [0.25, 0.3) is 10.9 Å². The summed E-state index contributed by atoms with van der Waals surface area (Å²) in [6.45, 7) is 5.07. The minimum Gasteiger partial charge on any atom is -0.314 e. The summed E-state index contributed by atoms with van der Waals surface area (Å²) in [4.78, 5) is 6.96. The first-order chi connectivity index (χ1) is 8.81. The number of rotatable bonds is 2. The Morgan fingerprint density at radius 1 is 1.16 bits per heavy atom. The van der Waals surface area contributed by atoms with Gasteiger partial charge in [0.25, 0.3) is 0 Å². The van der Waals surface area contributed by atoms with Crippen LogP contribution in [-0.4, -0.2) is 36.1 Å². The lowest BCUT2D eigenvalue weighted by molar-refractivity contribution is 0.231. The SMILES string of the molecule is Cl.Fc1ccc2nc(CN3CCNCC3)ccc2c1. The number of fused-ring (bicyclic) bond motifs is 1. The first kappa shape index (κ1) is 14.2. The molecule has 2 aromatic rings. The second kappa shape index (κ2) is 6.28. The van der Waals surface area contributed by atoms with E-state index in [2.05, 4.69) is 15.2 Å². The van der Waals surface area contributed by atoms with Crippen molar-refractivity contribution < 1.29 is 4.39 Å². The Bertz CT molecular complexity index is 555. The molecule has 1 aliphatic rings. The fourth-order valence-electron chi connectivity index (χ4n) is 2.33. The van der Waals surface area contributed by atoms with E-state index in [1.807, 2.05) is 12.1 Å².